The smallest absolute Gasteiger partial charge is 0.374 e. The Bertz CT molecular complexity index is 824. The van der Waals surface area contributed by atoms with Crippen LogP contribution in [0, 0.1) is 0 Å². The van der Waals surface area contributed by atoms with Gasteiger partial charge in [0.25, 0.3) is 0 Å². The van der Waals surface area contributed by atoms with Gasteiger partial charge in [0.1, 0.15) is 11.4 Å². The molecular weight excluding hydrogens is 361 g/mol. The summed E-state index contributed by atoms with van der Waals surface area (Å²) in [7, 11) is 1.36. The van der Waals surface area contributed by atoms with Gasteiger partial charge in [-0.25, -0.2) is 4.98 Å². The van der Waals surface area contributed by atoms with Crippen molar-refractivity contribution >= 4 is 5.91 Å². The highest BCUT2D eigenvalue weighted by atomic mass is 19.4. The molecule has 1 heterocycles. The molecule has 1 atom stereocenters. The molecule has 1 unspecified atom stereocenters. The van der Waals surface area contributed by atoms with E-state index in [0.717, 1.165) is 15.7 Å². The number of hydrogen-bond acceptors (Lipinski definition) is 4. The zero-order chi connectivity index (χ0) is 19.9. The SMILES string of the molecule is Cn1ccnc1C(O)(CCNC(=O)C1(N)Cc2ccccc2C1)C(F)(F)F. The van der Waals surface area contributed by atoms with Crippen LogP contribution in [0.25, 0.3) is 0 Å². The minimum absolute atomic E-state index is 0.317. The lowest BCUT2D eigenvalue weighted by molar-refractivity contribution is -0.272. The van der Waals surface area contributed by atoms with Gasteiger partial charge in [0, 0.05) is 32.4 Å². The molecule has 2 aromatic rings. The highest BCUT2D eigenvalue weighted by Crippen LogP contribution is 2.40. The number of imidazole rings is 1. The molecule has 0 aliphatic heterocycles. The average Bonchev–Trinajstić information content (AvgIpc) is 3.16. The molecule has 0 fully saturated rings. The van der Waals surface area contributed by atoms with E-state index in [1.807, 2.05) is 24.3 Å². The maximum Gasteiger partial charge on any atom is 0.424 e. The van der Waals surface area contributed by atoms with E-state index in [1.165, 1.54) is 19.4 Å². The summed E-state index contributed by atoms with van der Waals surface area (Å²) < 4.78 is 41.6. The monoisotopic (exact) mass is 382 g/mol. The molecule has 9 heteroatoms. The first-order chi connectivity index (χ1) is 12.6. The Balaban J connectivity index is 1.68. The molecule has 0 saturated carbocycles. The molecule has 0 bridgehead atoms. The van der Waals surface area contributed by atoms with Crippen LogP contribution in [0.15, 0.2) is 36.7 Å². The first-order valence-electron chi connectivity index (χ1n) is 8.48. The molecule has 0 radical (unpaired) electrons. The van der Waals surface area contributed by atoms with Gasteiger partial charge in [0.05, 0.1) is 0 Å². The second-order valence-electron chi connectivity index (χ2n) is 7.00. The van der Waals surface area contributed by atoms with Crippen LogP contribution in [0.3, 0.4) is 0 Å². The lowest BCUT2D eigenvalue weighted by Crippen LogP contribution is -2.56. The number of aliphatic hydroxyl groups is 1. The molecule has 3 rings (SSSR count). The van der Waals surface area contributed by atoms with E-state index in [2.05, 4.69) is 10.3 Å². The van der Waals surface area contributed by atoms with Crippen molar-refractivity contribution in [3.05, 3.63) is 53.6 Å². The fourth-order valence-corrected chi connectivity index (χ4v) is 3.48. The molecule has 6 nitrogen and oxygen atoms in total. The van der Waals surface area contributed by atoms with Gasteiger partial charge >= 0.3 is 6.18 Å². The van der Waals surface area contributed by atoms with E-state index in [-0.39, 0.29) is 0 Å². The highest BCUT2D eigenvalue weighted by molar-refractivity contribution is 5.87. The topological polar surface area (TPSA) is 93.2 Å². The molecule has 146 valence electrons. The second-order valence-corrected chi connectivity index (χ2v) is 7.00. The van der Waals surface area contributed by atoms with Gasteiger partial charge in [0.2, 0.25) is 11.5 Å². The van der Waals surface area contributed by atoms with Crippen LogP contribution in [0.1, 0.15) is 23.4 Å². The zero-order valence-electron chi connectivity index (χ0n) is 14.8. The van der Waals surface area contributed by atoms with Crippen LogP contribution >= 0.6 is 0 Å². The summed E-state index contributed by atoms with van der Waals surface area (Å²) >= 11 is 0. The maximum absolute atomic E-state index is 13.5. The summed E-state index contributed by atoms with van der Waals surface area (Å²) in [4.78, 5) is 16.1. The number of nitrogens with zero attached hydrogens (tertiary/aromatic N) is 2. The Morgan fingerprint density at radius 1 is 1.33 bits per heavy atom. The number of benzene rings is 1. The van der Waals surface area contributed by atoms with Gasteiger partial charge in [-0.2, -0.15) is 13.2 Å². The van der Waals surface area contributed by atoms with Crippen LogP contribution in [0.2, 0.25) is 0 Å². The summed E-state index contributed by atoms with van der Waals surface area (Å²) in [6.07, 6.45) is -2.59. The number of halogens is 3. The number of fused-ring (bicyclic) bond motifs is 1. The van der Waals surface area contributed by atoms with Crippen molar-refractivity contribution in [2.45, 2.75) is 36.6 Å². The van der Waals surface area contributed by atoms with Crippen molar-refractivity contribution in [1.29, 1.82) is 0 Å². The number of aryl methyl sites for hydroxylation is 1. The zero-order valence-corrected chi connectivity index (χ0v) is 14.8. The van der Waals surface area contributed by atoms with Crippen molar-refractivity contribution in [2.24, 2.45) is 12.8 Å². The van der Waals surface area contributed by atoms with E-state index >= 15 is 0 Å². The molecule has 1 aromatic heterocycles. The summed E-state index contributed by atoms with van der Waals surface area (Å²) in [5, 5.41) is 12.7. The number of alkyl halides is 3. The van der Waals surface area contributed by atoms with Crippen molar-refractivity contribution in [3.63, 3.8) is 0 Å². The Morgan fingerprint density at radius 3 is 2.41 bits per heavy atom. The largest absolute Gasteiger partial charge is 0.424 e. The van der Waals surface area contributed by atoms with Gasteiger partial charge in [0.15, 0.2) is 0 Å². The van der Waals surface area contributed by atoms with Crippen LogP contribution < -0.4 is 11.1 Å². The molecule has 1 aliphatic carbocycles. The molecule has 1 aliphatic rings. The number of nitrogens with one attached hydrogen (secondary N) is 1. The van der Waals surface area contributed by atoms with E-state index < -0.39 is 42.0 Å². The van der Waals surface area contributed by atoms with Gasteiger partial charge in [-0.15, -0.1) is 0 Å². The van der Waals surface area contributed by atoms with Gasteiger partial charge in [-0.05, 0) is 24.0 Å². The lowest BCUT2D eigenvalue weighted by Gasteiger charge is -2.30. The van der Waals surface area contributed by atoms with E-state index in [0.29, 0.717) is 12.8 Å². The molecule has 0 saturated heterocycles. The molecular formula is C18H21F3N4O2. The normalized spacial score (nSPS) is 18.0. The summed E-state index contributed by atoms with van der Waals surface area (Å²) in [6.45, 7) is -0.392. The maximum atomic E-state index is 13.5. The molecule has 4 N–H and O–H groups in total. The quantitative estimate of drug-likeness (QED) is 0.724. The van der Waals surface area contributed by atoms with E-state index in [9.17, 15) is 23.1 Å². The lowest BCUT2D eigenvalue weighted by atomic mass is 9.94. The first-order valence-corrected chi connectivity index (χ1v) is 8.48. The van der Waals surface area contributed by atoms with Crippen LogP contribution in [0.4, 0.5) is 13.2 Å². The third-order valence-electron chi connectivity index (χ3n) is 5.01. The molecule has 27 heavy (non-hydrogen) atoms. The average molecular weight is 382 g/mol. The van der Waals surface area contributed by atoms with Crippen LogP contribution in [0.5, 0.6) is 0 Å². The number of rotatable bonds is 5. The minimum atomic E-state index is -4.94. The Hall–Kier alpha value is -2.39. The summed E-state index contributed by atoms with van der Waals surface area (Å²) in [6, 6.07) is 7.44. The van der Waals surface area contributed by atoms with Crippen LogP contribution in [-0.4, -0.2) is 38.8 Å². The number of hydrogen-bond donors (Lipinski definition) is 3. The Morgan fingerprint density at radius 2 is 1.93 bits per heavy atom. The fraction of sp³-hybridized carbons (Fsp3) is 0.444. The number of aromatic nitrogens is 2. The van der Waals surface area contributed by atoms with Gasteiger partial charge < -0.3 is 20.7 Å². The summed E-state index contributed by atoms with van der Waals surface area (Å²) in [5.41, 5.74) is 3.73. The van der Waals surface area contributed by atoms with Crippen molar-refractivity contribution in [1.82, 2.24) is 14.9 Å². The third-order valence-corrected chi connectivity index (χ3v) is 5.01. The molecule has 1 aromatic carbocycles. The van der Waals surface area contributed by atoms with Crippen LogP contribution in [-0.2, 0) is 30.3 Å². The van der Waals surface area contributed by atoms with Crippen molar-refractivity contribution < 1.29 is 23.1 Å². The fourth-order valence-electron chi connectivity index (χ4n) is 3.48. The predicted octanol–water partition coefficient (Wildman–Crippen LogP) is 1.17. The van der Waals surface area contributed by atoms with E-state index in [1.54, 1.807) is 0 Å². The van der Waals surface area contributed by atoms with Gasteiger partial charge in [-0.3, -0.25) is 4.79 Å². The number of nitrogens with two attached hydrogens (primary N) is 1. The highest BCUT2D eigenvalue weighted by Gasteiger charge is 2.57. The number of amides is 1. The second kappa shape index (κ2) is 6.65. The minimum Gasteiger partial charge on any atom is -0.374 e. The molecule has 1 amide bonds. The van der Waals surface area contributed by atoms with E-state index in [4.69, 9.17) is 5.73 Å². The van der Waals surface area contributed by atoms with Gasteiger partial charge in [-0.1, -0.05) is 24.3 Å². The standard InChI is InChI=1S/C18H21F3N4O2/c1-25-9-8-23-14(25)17(27,18(19,20)21)6-7-24-15(26)16(22)10-12-4-2-3-5-13(12)11-16/h2-5,8-9,27H,6-7,10-11,22H2,1H3,(H,24,26). The van der Waals surface area contributed by atoms with Crippen molar-refractivity contribution in [2.75, 3.05) is 6.54 Å². The first kappa shape index (κ1) is 19.4. The summed E-state index contributed by atoms with van der Waals surface area (Å²) in [5.74, 6) is -1.07. The number of carbonyl (C=O) groups is 1. The third kappa shape index (κ3) is 3.44. The predicted molar refractivity (Wildman–Crippen MR) is 91.6 cm³/mol. The molecule has 0 spiro atoms. The number of carbonyl (C=O) groups excluding carboxylic acids is 1. The van der Waals surface area contributed by atoms with Crippen molar-refractivity contribution in [3.8, 4) is 0 Å². The Labute approximate surface area is 154 Å². The Kier molecular flexibility index (Phi) is 4.77.